The van der Waals surface area contributed by atoms with Gasteiger partial charge >= 0.3 is 12.6 Å². The lowest BCUT2D eigenvalue weighted by Crippen LogP contribution is -2.66. The summed E-state index contributed by atoms with van der Waals surface area (Å²) in [6.45, 7) is 3.96. The number of anilines is 1. The Morgan fingerprint density at radius 2 is 1.80 bits per heavy atom. The Bertz CT molecular complexity index is 1120. The lowest BCUT2D eigenvalue weighted by molar-refractivity contribution is -0.150. The Balaban J connectivity index is 1.95. The van der Waals surface area contributed by atoms with Crippen LogP contribution in [0.3, 0.4) is 0 Å². The number of hydrogen-bond acceptors (Lipinski definition) is 5. The van der Waals surface area contributed by atoms with Crippen molar-refractivity contribution in [2.24, 2.45) is 5.92 Å². The third kappa shape index (κ3) is 5.58. The number of amides is 2. The first-order valence-electron chi connectivity index (χ1n) is 11.3. The molecule has 0 aliphatic carbocycles. The van der Waals surface area contributed by atoms with E-state index in [1.807, 2.05) is 32.0 Å². The molecule has 1 saturated heterocycles. The van der Waals surface area contributed by atoms with Crippen molar-refractivity contribution in [1.29, 1.82) is 0 Å². The maximum absolute atomic E-state index is 13.7. The van der Waals surface area contributed by atoms with Crippen LogP contribution in [0.15, 0.2) is 36.4 Å². The van der Waals surface area contributed by atoms with Crippen LogP contribution >= 0.6 is 0 Å². The summed E-state index contributed by atoms with van der Waals surface area (Å²) in [5, 5.41) is 11.8. The Morgan fingerprint density at radius 3 is 2.40 bits per heavy atom. The highest BCUT2D eigenvalue weighted by molar-refractivity contribution is 6.02. The van der Waals surface area contributed by atoms with Gasteiger partial charge < -0.3 is 20.1 Å². The van der Waals surface area contributed by atoms with Gasteiger partial charge in [-0.2, -0.15) is 8.78 Å². The van der Waals surface area contributed by atoms with Crippen molar-refractivity contribution in [2.75, 3.05) is 18.4 Å². The molecule has 2 amide bonds. The second kappa shape index (κ2) is 10.4. The number of hydrogen-bond donors (Lipinski definition) is 2. The standard InChI is InChI=1S/C25H29F2N3O5/c1-14(2)17-7-5-6-8-18(17)25(12-30(13-25)20(31)11-15(3)22(32)33)23(34)29-19-10-9-16(4)28-21(19)35-24(26)27/h5-10,14-15,24H,11-13H2,1-4H3,(H,29,34)(H,32,33). The van der Waals surface area contributed by atoms with Crippen molar-refractivity contribution < 1.29 is 33.0 Å². The predicted molar refractivity (Wildman–Crippen MR) is 124 cm³/mol. The summed E-state index contributed by atoms with van der Waals surface area (Å²) in [5.41, 5.74) is 0.910. The van der Waals surface area contributed by atoms with Crippen LogP contribution in [0.5, 0.6) is 5.88 Å². The molecule has 1 aliphatic rings. The molecular formula is C25H29F2N3O5. The van der Waals surface area contributed by atoms with E-state index in [-0.39, 0.29) is 37.0 Å². The second-order valence-electron chi connectivity index (χ2n) is 9.16. The van der Waals surface area contributed by atoms with Crippen LogP contribution in [0.4, 0.5) is 14.5 Å². The number of ether oxygens (including phenoxy) is 1. The fourth-order valence-electron chi connectivity index (χ4n) is 4.18. The maximum atomic E-state index is 13.7. The number of nitrogens with zero attached hydrogens (tertiary/aromatic N) is 2. The van der Waals surface area contributed by atoms with Crippen LogP contribution in [0, 0.1) is 12.8 Å². The molecule has 1 aromatic heterocycles. The molecule has 1 unspecified atom stereocenters. The number of rotatable bonds is 9. The van der Waals surface area contributed by atoms with Gasteiger partial charge in [-0.25, -0.2) is 4.98 Å². The van der Waals surface area contributed by atoms with Gasteiger partial charge in [-0.3, -0.25) is 14.4 Å². The van der Waals surface area contributed by atoms with Crippen molar-refractivity contribution in [3.05, 3.63) is 53.2 Å². The summed E-state index contributed by atoms with van der Waals surface area (Å²) in [7, 11) is 0. The molecule has 1 aliphatic heterocycles. The van der Waals surface area contributed by atoms with E-state index in [9.17, 15) is 23.2 Å². The Hall–Kier alpha value is -3.56. The number of aliphatic carboxylic acids is 1. The van der Waals surface area contributed by atoms with E-state index in [2.05, 4.69) is 15.0 Å². The highest BCUT2D eigenvalue weighted by Crippen LogP contribution is 2.41. The van der Waals surface area contributed by atoms with Gasteiger partial charge in [0, 0.05) is 25.2 Å². The highest BCUT2D eigenvalue weighted by atomic mass is 19.3. The highest BCUT2D eigenvalue weighted by Gasteiger charge is 2.53. The molecule has 2 N–H and O–H groups in total. The number of carbonyl (C=O) groups is 3. The summed E-state index contributed by atoms with van der Waals surface area (Å²) in [5.74, 6) is -3.13. The summed E-state index contributed by atoms with van der Waals surface area (Å²) >= 11 is 0. The molecule has 1 fully saturated rings. The molecule has 1 aromatic carbocycles. The molecule has 2 heterocycles. The summed E-state index contributed by atoms with van der Waals surface area (Å²) in [6.07, 6.45) is -0.187. The third-order valence-corrected chi connectivity index (χ3v) is 6.16. The SMILES string of the molecule is Cc1ccc(NC(=O)C2(c3ccccc3C(C)C)CN(C(=O)CC(C)C(=O)O)C2)c(OC(F)F)n1. The summed E-state index contributed by atoms with van der Waals surface area (Å²) in [4.78, 5) is 43.0. The number of benzene rings is 1. The molecule has 35 heavy (non-hydrogen) atoms. The molecule has 3 rings (SSSR count). The maximum Gasteiger partial charge on any atom is 0.388 e. The van der Waals surface area contributed by atoms with Crippen LogP contribution in [0.25, 0.3) is 0 Å². The first kappa shape index (κ1) is 26.1. The van der Waals surface area contributed by atoms with E-state index in [0.29, 0.717) is 5.69 Å². The minimum atomic E-state index is -3.12. The zero-order chi connectivity index (χ0) is 25.9. The number of aryl methyl sites for hydroxylation is 1. The lowest BCUT2D eigenvalue weighted by atomic mass is 9.69. The van der Waals surface area contributed by atoms with Gasteiger partial charge in [0.25, 0.3) is 0 Å². The Labute approximate surface area is 202 Å². The molecule has 8 nitrogen and oxygen atoms in total. The molecule has 0 radical (unpaired) electrons. The van der Waals surface area contributed by atoms with Gasteiger partial charge in [-0.1, -0.05) is 45.0 Å². The van der Waals surface area contributed by atoms with Crippen LogP contribution in [-0.2, 0) is 19.8 Å². The first-order chi connectivity index (χ1) is 16.4. The van der Waals surface area contributed by atoms with Crippen LogP contribution < -0.4 is 10.1 Å². The number of carbonyl (C=O) groups excluding carboxylic acids is 2. The topological polar surface area (TPSA) is 109 Å². The van der Waals surface area contributed by atoms with E-state index in [1.54, 1.807) is 19.1 Å². The van der Waals surface area contributed by atoms with E-state index in [0.717, 1.165) is 11.1 Å². The zero-order valence-corrected chi connectivity index (χ0v) is 20.0. The van der Waals surface area contributed by atoms with Gasteiger partial charge in [0.05, 0.1) is 5.92 Å². The van der Waals surface area contributed by atoms with Gasteiger partial charge in [0.15, 0.2) is 0 Å². The molecular weight excluding hydrogens is 460 g/mol. The number of aromatic nitrogens is 1. The van der Waals surface area contributed by atoms with Gasteiger partial charge in [-0.05, 0) is 36.1 Å². The van der Waals surface area contributed by atoms with Crippen molar-refractivity contribution in [3.8, 4) is 5.88 Å². The van der Waals surface area contributed by atoms with Gasteiger partial charge in [0.1, 0.15) is 11.1 Å². The predicted octanol–water partition coefficient (Wildman–Crippen LogP) is 3.94. The monoisotopic (exact) mass is 489 g/mol. The zero-order valence-electron chi connectivity index (χ0n) is 20.0. The number of likely N-dealkylation sites (tertiary alicyclic amines) is 1. The number of halogens is 2. The average Bonchev–Trinajstić information content (AvgIpc) is 2.74. The van der Waals surface area contributed by atoms with Crippen LogP contribution in [-0.4, -0.2) is 52.5 Å². The van der Waals surface area contributed by atoms with Gasteiger partial charge in [-0.15, -0.1) is 0 Å². The summed E-state index contributed by atoms with van der Waals surface area (Å²) < 4.78 is 30.4. The normalized spacial score (nSPS) is 15.5. The molecule has 0 spiro atoms. The fraction of sp³-hybridized carbons (Fsp3) is 0.440. The molecule has 2 aromatic rings. The molecule has 10 heteroatoms. The van der Waals surface area contributed by atoms with Crippen molar-refractivity contribution in [1.82, 2.24) is 9.88 Å². The lowest BCUT2D eigenvalue weighted by Gasteiger charge is -2.50. The van der Waals surface area contributed by atoms with Crippen molar-refractivity contribution in [2.45, 2.75) is 52.1 Å². The molecule has 0 bridgehead atoms. The molecule has 0 saturated carbocycles. The largest absolute Gasteiger partial charge is 0.481 e. The number of carboxylic acids is 1. The summed E-state index contributed by atoms with van der Waals surface area (Å²) in [6, 6.07) is 10.4. The first-order valence-corrected chi connectivity index (χ1v) is 11.3. The number of pyridine rings is 1. The minimum Gasteiger partial charge on any atom is -0.481 e. The minimum absolute atomic E-state index is 0.00780. The van der Waals surface area contributed by atoms with E-state index >= 15 is 0 Å². The fourth-order valence-corrected chi connectivity index (χ4v) is 4.18. The van der Waals surface area contributed by atoms with Crippen LogP contribution in [0.1, 0.15) is 49.9 Å². The van der Waals surface area contributed by atoms with Gasteiger partial charge in [0.2, 0.25) is 17.7 Å². The second-order valence-corrected chi connectivity index (χ2v) is 9.16. The number of nitrogens with one attached hydrogen (secondary N) is 1. The Morgan fingerprint density at radius 1 is 1.14 bits per heavy atom. The van der Waals surface area contributed by atoms with E-state index in [1.165, 1.54) is 17.9 Å². The van der Waals surface area contributed by atoms with Crippen molar-refractivity contribution >= 4 is 23.5 Å². The smallest absolute Gasteiger partial charge is 0.388 e. The van der Waals surface area contributed by atoms with Crippen molar-refractivity contribution in [3.63, 3.8) is 0 Å². The quantitative estimate of drug-likeness (QED) is 0.552. The van der Waals surface area contributed by atoms with E-state index < -0.39 is 35.7 Å². The number of alkyl halides is 2. The third-order valence-electron chi connectivity index (χ3n) is 6.16. The molecule has 1 atom stereocenters. The Kier molecular flexibility index (Phi) is 7.72. The average molecular weight is 490 g/mol. The van der Waals surface area contributed by atoms with Crippen LogP contribution in [0.2, 0.25) is 0 Å². The number of carboxylic acid groups (broad SMARTS) is 1. The van der Waals surface area contributed by atoms with E-state index in [4.69, 9.17) is 5.11 Å². The molecule has 188 valence electrons.